The maximum Gasteiger partial charge on any atom is 0.248 e. The number of aromatic nitrogens is 2. The Morgan fingerprint density at radius 2 is 1.91 bits per heavy atom. The molecule has 2 heterocycles. The van der Waals surface area contributed by atoms with Crippen LogP contribution in [0, 0.1) is 6.92 Å². The molecule has 1 N–H and O–H groups in total. The van der Waals surface area contributed by atoms with E-state index in [-0.39, 0.29) is 5.91 Å². The van der Waals surface area contributed by atoms with Crippen LogP contribution in [0.2, 0.25) is 0 Å². The monoisotopic (exact) mass is 293 g/mol. The second kappa shape index (κ2) is 5.81. The van der Waals surface area contributed by atoms with E-state index in [0.717, 1.165) is 22.4 Å². The van der Waals surface area contributed by atoms with Crippen molar-refractivity contribution in [3.05, 3.63) is 60.3 Å². The normalized spacial score (nSPS) is 11.6. The number of amides is 1. The first-order valence-corrected chi connectivity index (χ1v) is 6.89. The third kappa shape index (κ3) is 3.03. The van der Waals surface area contributed by atoms with E-state index in [2.05, 4.69) is 15.3 Å². The van der Waals surface area contributed by atoms with Gasteiger partial charge in [0.15, 0.2) is 0 Å². The SMILES string of the molecule is CC(=CC(=O)Nc1ccc2nccnc2c1)c1ccc(C)o1. The lowest BCUT2D eigenvalue weighted by atomic mass is 10.2. The summed E-state index contributed by atoms with van der Waals surface area (Å²) in [5.74, 6) is 1.29. The van der Waals surface area contributed by atoms with Gasteiger partial charge in [-0.3, -0.25) is 14.8 Å². The zero-order chi connectivity index (χ0) is 15.5. The van der Waals surface area contributed by atoms with Gasteiger partial charge in [0.05, 0.1) is 11.0 Å². The van der Waals surface area contributed by atoms with Crippen LogP contribution >= 0.6 is 0 Å². The fraction of sp³-hybridized carbons (Fsp3) is 0.118. The van der Waals surface area contributed by atoms with Crippen LogP contribution in [-0.4, -0.2) is 15.9 Å². The first kappa shape index (κ1) is 14.0. The molecule has 1 amide bonds. The van der Waals surface area contributed by atoms with Gasteiger partial charge in [-0.2, -0.15) is 0 Å². The molecule has 0 aliphatic rings. The maximum absolute atomic E-state index is 12.1. The number of hydrogen-bond donors (Lipinski definition) is 1. The summed E-state index contributed by atoms with van der Waals surface area (Å²) in [6.07, 6.45) is 4.77. The highest BCUT2D eigenvalue weighted by Gasteiger charge is 2.05. The molecule has 0 bridgehead atoms. The first-order valence-electron chi connectivity index (χ1n) is 6.89. The summed E-state index contributed by atoms with van der Waals surface area (Å²) in [6, 6.07) is 9.13. The predicted molar refractivity (Wildman–Crippen MR) is 85.3 cm³/mol. The summed E-state index contributed by atoms with van der Waals surface area (Å²) in [5.41, 5.74) is 2.98. The van der Waals surface area contributed by atoms with Gasteiger partial charge in [0.25, 0.3) is 0 Å². The standard InChI is InChI=1S/C17H15N3O2/c1-11(16-6-3-12(2)22-16)9-17(21)20-13-4-5-14-15(10-13)19-8-7-18-14/h3-10H,1-2H3,(H,20,21). The number of aryl methyl sites for hydroxylation is 1. The van der Waals surface area contributed by atoms with Crippen LogP contribution in [-0.2, 0) is 4.79 Å². The van der Waals surface area contributed by atoms with Gasteiger partial charge in [0.2, 0.25) is 5.91 Å². The minimum absolute atomic E-state index is 0.213. The number of allylic oxidation sites excluding steroid dienone is 1. The lowest BCUT2D eigenvalue weighted by Gasteiger charge is -2.04. The average Bonchev–Trinajstić information content (AvgIpc) is 2.94. The van der Waals surface area contributed by atoms with Gasteiger partial charge in [-0.05, 0) is 49.8 Å². The van der Waals surface area contributed by atoms with E-state index in [0.29, 0.717) is 11.4 Å². The van der Waals surface area contributed by atoms with Crippen molar-refractivity contribution in [3.8, 4) is 0 Å². The molecule has 0 radical (unpaired) electrons. The molecule has 5 nitrogen and oxygen atoms in total. The van der Waals surface area contributed by atoms with Crippen molar-refractivity contribution >= 4 is 28.2 Å². The molecule has 0 aliphatic heterocycles. The molecule has 0 saturated carbocycles. The Labute approximate surface area is 127 Å². The summed E-state index contributed by atoms with van der Waals surface area (Å²) in [6.45, 7) is 3.71. The third-order valence-electron chi connectivity index (χ3n) is 3.21. The van der Waals surface area contributed by atoms with Crippen molar-refractivity contribution in [2.24, 2.45) is 0 Å². The number of carbonyl (C=O) groups excluding carboxylic acids is 1. The van der Waals surface area contributed by atoms with Crippen LogP contribution < -0.4 is 5.32 Å². The molecule has 0 fully saturated rings. The fourth-order valence-corrected chi connectivity index (χ4v) is 2.13. The van der Waals surface area contributed by atoms with Crippen LogP contribution in [0.25, 0.3) is 16.6 Å². The zero-order valence-electron chi connectivity index (χ0n) is 12.3. The molecule has 3 aromatic rings. The summed E-state index contributed by atoms with van der Waals surface area (Å²) in [7, 11) is 0. The molecule has 110 valence electrons. The van der Waals surface area contributed by atoms with Crippen molar-refractivity contribution in [2.75, 3.05) is 5.32 Å². The Morgan fingerprint density at radius 3 is 2.64 bits per heavy atom. The van der Waals surface area contributed by atoms with E-state index in [1.165, 1.54) is 6.08 Å². The number of nitrogens with zero attached hydrogens (tertiary/aromatic N) is 2. The van der Waals surface area contributed by atoms with Crippen molar-refractivity contribution < 1.29 is 9.21 Å². The van der Waals surface area contributed by atoms with Gasteiger partial charge in [-0.15, -0.1) is 0 Å². The van der Waals surface area contributed by atoms with E-state index in [1.54, 1.807) is 24.5 Å². The molecule has 5 heteroatoms. The lowest BCUT2D eigenvalue weighted by molar-refractivity contribution is -0.111. The fourth-order valence-electron chi connectivity index (χ4n) is 2.13. The molecule has 3 rings (SSSR count). The largest absolute Gasteiger partial charge is 0.462 e. The lowest BCUT2D eigenvalue weighted by Crippen LogP contribution is -2.08. The Kier molecular flexibility index (Phi) is 3.70. The minimum Gasteiger partial charge on any atom is -0.462 e. The van der Waals surface area contributed by atoms with Gasteiger partial charge < -0.3 is 9.73 Å². The topological polar surface area (TPSA) is 68.0 Å². The zero-order valence-corrected chi connectivity index (χ0v) is 12.3. The van der Waals surface area contributed by atoms with Crippen molar-refractivity contribution in [1.29, 1.82) is 0 Å². The van der Waals surface area contributed by atoms with E-state index < -0.39 is 0 Å². The average molecular weight is 293 g/mol. The molecule has 22 heavy (non-hydrogen) atoms. The summed E-state index contributed by atoms with van der Waals surface area (Å²) in [4.78, 5) is 20.5. The first-order chi connectivity index (χ1) is 10.6. The highest BCUT2D eigenvalue weighted by molar-refractivity contribution is 6.04. The van der Waals surface area contributed by atoms with Crippen LogP contribution in [0.5, 0.6) is 0 Å². The Hall–Kier alpha value is -2.95. The summed E-state index contributed by atoms with van der Waals surface area (Å²) >= 11 is 0. The highest BCUT2D eigenvalue weighted by atomic mass is 16.3. The summed E-state index contributed by atoms with van der Waals surface area (Å²) < 4.78 is 5.49. The molecule has 0 saturated heterocycles. The van der Waals surface area contributed by atoms with Crippen molar-refractivity contribution in [3.63, 3.8) is 0 Å². The Morgan fingerprint density at radius 1 is 1.14 bits per heavy atom. The smallest absolute Gasteiger partial charge is 0.248 e. The molecule has 2 aromatic heterocycles. The number of fused-ring (bicyclic) bond motifs is 1. The number of hydrogen-bond acceptors (Lipinski definition) is 4. The molecule has 0 spiro atoms. The Balaban J connectivity index is 1.77. The van der Waals surface area contributed by atoms with Gasteiger partial charge >= 0.3 is 0 Å². The van der Waals surface area contributed by atoms with E-state index in [4.69, 9.17) is 4.42 Å². The van der Waals surface area contributed by atoms with Crippen molar-refractivity contribution in [1.82, 2.24) is 9.97 Å². The predicted octanol–water partition coefficient (Wildman–Crippen LogP) is 3.57. The van der Waals surface area contributed by atoms with Crippen LogP contribution in [0.3, 0.4) is 0 Å². The number of furan rings is 1. The second-order valence-corrected chi connectivity index (χ2v) is 4.99. The van der Waals surface area contributed by atoms with E-state index >= 15 is 0 Å². The molecular weight excluding hydrogens is 278 g/mol. The number of carbonyl (C=O) groups is 1. The van der Waals surface area contributed by atoms with Gasteiger partial charge in [0, 0.05) is 24.2 Å². The maximum atomic E-state index is 12.1. The van der Waals surface area contributed by atoms with Crippen LogP contribution in [0.4, 0.5) is 5.69 Å². The van der Waals surface area contributed by atoms with Gasteiger partial charge in [0.1, 0.15) is 11.5 Å². The third-order valence-corrected chi connectivity index (χ3v) is 3.21. The quantitative estimate of drug-likeness (QED) is 0.749. The Bertz CT molecular complexity index is 865. The van der Waals surface area contributed by atoms with E-state index in [9.17, 15) is 4.79 Å². The molecular formula is C17H15N3O2. The van der Waals surface area contributed by atoms with Crippen LogP contribution in [0.15, 0.2) is 53.2 Å². The molecule has 0 atom stereocenters. The van der Waals surface area contributed by atoms with Gasteiger partial charge in [-0.1, -0.05) is 0 Å². The second-order valence-electron chi connectivity index (χ2n) is 4.99. The van der Waals surface area contributed by atoms with Crippen LogP contribution in [0.1, 0.15) is 18.4 Å². The highest BCUT2D eigenvalue weighted by Crippen LogP contribution is 2.18. The van der Waals surface area contributed by atoms with Crippen molar-refractivity contribution in [2.45, 2.75) is 13.8 Å². The number of rotatable bonds is 3. The summed E-state index contributed by atoms with van der Waals surface area (Å²) in [5, 5.41) is 2.82. The number of nitrogens with one attached hydrogen (secondary N) is 1. The molecule has 0 unspecified atom stereocenters. The molecule has 1 aromatic carbocycles. The van der Waals surface area contributed by atoms with Gasteiger partial charge in [-0.25, -0.2) is 0 Å². The number of anilines is 1. The number of benzene rings is 1. The van der Waals surface area contributed by atoms with E-state index in [1.807, 2.05) is 32.0 Å². The minimum atomic E-state index is -0.213. The molecule has 0 aliphatic carbocycles.